The zero-order chi connectivity index (χ0) is 6.69. The van der Waals surface area contributed by atoms with Crippen molar-refractivity contribution in [3.05, 3.63) is 0 Å². The van der Waals surface area contributed by atoms with E-state index in [2.05, 4.69) is 18.7 Å². The molecule has 0 N–H and O–H groups in total. The highest BCUT2D eigenvalue weighted by molar-refractivity contribution is 4.64. The predicted octanol–water partition coefficient (Wildman–Crippen LogP) is 1.07. The Bertz CT molecular complexity index is 85.0. The molecule has 0 bridgehead atoms. The van der Waals surface area contributed by atoms with E-state index in [0.717, 1.165) is 13.2 Å². The van der Waals surface area contributed by atoms with Crippen LogP contribution in [-0.2, 0) is 4.74 Å². The molecule has 54 valence electrons. The summed E-state index contributed by atoms with van der Waals surface area (Å²) in [5.41, 5.74) is 0. The largest absolute Gasteiger partial charge is 0.362 e. The second-order valence-corrected chi connectivity index (χ2v) is 2.51. The highest BCUT2D eigenvalue weighted by atomic mass is 16.5. The fraction of sp³-hybridized carbons (Fsp3) is 1.00. The van der Waals surface area contributed by atoms with E-state index in [1.54, 1.807) is 0 Å². The molecule has 0 aromatic rings. The van der Waals surface area contributed by atoms with E-state index >= 15 is 0 Å². The average Bonchev–Trinajstić information content (AvgIpc) is 2.18. The minimum absolute atomic E-state index is 0.366. The molecule has 1 atom stereocenters. The van der Waals surface area contributed by atoms with E-state index in [-0.39, 0.29) is 0 Å². The summed E-state index contributed by atoms with van der Waals surface area (Å²) < 4.78 is 5.34. The minimum atomic E-state index is 0.366. The summed E-state index contributed by atoms with van der Waals surface area (Å²) in [5, 5.41) is 0. The molecular weight excluding hydrogens is 114 g/mol. The van der Waals surface area contributed by atoms with E-state index in [0.29, 0.717) is 6.23 Å². The Morgan fingerprint density at radius 1 is 1.67 bits per heavy atom. The summed E-state index contributed by atoms with van der Waals surface area (Å²) in [4.78, 5) is 2.36. The number of nitrogens with zero attached hydrogens (tertiary/aromatic N) is 1. The van der Waals surface area contributed by atoms with Crippen LogP contribution in [0.5, 0.6) is 0 Å². The van der Waals surface area contributed by atoms with Gasteiger partial charge in [0.2, 0.25) is 0 Å². The van der Waals surface area contributed by atoms with E-state index < -0.39 is 0 Å². The van der Waals surface area contributed by atoms with Gasteiger partial charge in [0.05, 0.1) is 6.61 Å². The van der Waals surface area contributed by atoms with Gasteiger partial charge in [-0.2, -0.15) is 0 Å². The first-order valence-electron chi connectivity index (χ1n) is 3.70. The van der Waals surface area contributed by atoms with Crippen molar-refractivity contribution in [2.45, 2.75) is 26.5 Å². The number of hydrogen-bond acceptors (Lipinski definition) is 2. The highest BCUT2D eigenvalue weighted by Gasteiger charge is 2.18. The van der Waals surface area contributed by atoms with Crippen molar-refractivity contribution >= 4 is 0 Å². The maximum absolute atomic E-state index is 5.34. The first kappa shape index (κ1) is 7.03. The third-order valence-electron chi connectivity index (χ3n) is 1.76. The van der Waals surface area contributed by atoms with Crippen LogP contribution in [0.25, 0.3) is 0 Å². The van der Waals surface area contributed by atoms with Crippen LogP contribution >= 0.6 is 0 Å². The Morgan fingerprint density at radius 3 is 2.89 bits per heavy atom. The Morgan fingerprint density at radius 2 is 2.44 bits per heavy atom. The maximum Gasteiger partial charge on any atom is 0.107 e. The molecule has 1 unspecified atom stereocenters. The first-order valence-corrected chi connectivity index (χ1v) is 3.70. The molecule has 0 radical (unpaired) electrons. The molecule has 0 saturated carbocycles. The second-order valence-electron chi connectivity index (χ2n) is 2.51. The van der Waals surface area contributed by atoms with Crippen molar-refractivity contribution < 1.29 is 4.74 Å². The van der Waals surface area contributed by atoms with Gasteiger partial charge in [0.25, 0.3) is 0 Å². The van der Waals surface area contributed by atoms with Gasteiger partial charge in [0.15, 0.2) is 0 Å². The predicted molar refractivity (Wildman–Crippen MR) is 37.3 cm³/mol. The molecular formula is C7H15NO. The van der Waals surface area contributed by atoms with Crippen molar-refractivity contribution in [2.75, 3.05) is 19.7 Å². The normalized spacial score (nSPS) is 29.3. The van der Waals surface area contributed by atoms with E-state index in [1.807, 2.05) is 0 Å². The standard InChI is InChI=1S/C7H15NO/c1-3-4-8-5-6-9-7(8)2/h7H,3-6H2,1-2H3. The summed E-state index contributed by atoms with van der Waals surface area (Å²) in [6, 6.07) is 0. The number of rotatable bonds is 2. The lowest BCUT2D eigenvalue weighted by Crippen LogP contribution is -2.28. The van der Waals surface area contributed by atoms with Gasteiger partial charge in [-0.15, -0.1) is 0 Å². The van der Waals surface area contributed by atoms with Gasteiger partial charge in [-0.25, -0.2) is 0 Å². The van der Waals surface area contributed by atoms with Crippen LogP contribution < -0.4 is 0 Å². The third-order valence-corrected chi connectivity index (χ3v) is 1.76. The minimum Gasteiger partial charge on any atom is -0.362 e. The maximum atomic E-state index is 5.34. The van der Waals surface area contributed by atoms with Gasteiger partial charge in [-0.1, -0.05) is 6.92 Å². The molecule has 9 heavy (non-hydrogen) atoms. The van der Waals surface area contributed by atoms with Crippen molar-refractivity contribution in [3.63, 3.8) is 0 Å². The van der Waals surface area contributed by atoms with Crippen LogP contribution in [-0.4, -0.2) is 30.8 Å². The van der Waals surface area contributed by atoms with Crippen LogP contribution in [0.3, 0.4) is 0 Å². The second kappa shape index (κ2) is 3.18. The topological polar surface area (TPSA) is 12.5 Å². The quantitative estimate of drug-likeness (QED) is 0.553. The van der Waals surface area contributed by atoms with Crippen LogP contribution in [0, 0.1) is 0 Å². The van der Waals surface area contributed by atoms with Crippen LogP contribution in [0.1, 0.15) is 20.3 Å². The first-order chi connectivity index (χ1) is 4.34. The van der Waals surface area contributed by atoms with Gasteiger partial charge in [0.1, 0.15) is 6.23 Å². The average molecular weight is 129 g/mol. The summed E-state index contributed by atoms with van der Waals surface area (Å²) in [6.07, 6.45) is 1.60. The molecule has 1 saturated heterocycles. The van der Waals surface area contributed by atoms with Crippen LogP contribution in [0.2, 0.25) is 0 Å². The lowest BCUT2D eigenvalue weighted by Gasteiger charge is -2.17. The Balaban J connectivity index is 2.22. The number of ether oxygens (including phenoxy) is 1. The summed E-state index contributed by atoms with van der Waals surface area (Å²) in [6.45, 7) is 7.53. The Hall–Kier alpha value is -0.0800. The molecule has 1 aliphatic heterocycles. The van der Waals surface area contributed by atoms with E-state index in [1.165, 1.54) is 13.0 Å². The van der Waals surface area contributed by atoms with Crippen LogP contribution in [0.4, 0.5) is 0 Å². The molecule has 1 fully saturated rings. The molecule has 0 aromatic heterocycles. The monoisotopic (exact) mass is 129 g/mol. The van der Waals surface area contributed by atoms with Crippen molar-refractivity contribution in [1.29, 1.82) is 0 Å². The fourth-order valence-electron chi connectivity index (χ4n) is 1.21. The molecule has 0 spiro atoms. The molecule has 1 aliphatic rings. The zero-order valence-electron chi connectivity index (χ0n) is 6.26. The molecule has 2 nitrogen and oxygen atoms in total. The van der Waals surface area contributed by atoms with Crippen molar-refractivity contribution in [2.24, 2.45) is 0 Å². The van der Waals surface area contributed by atoms with Crippen LogP contribution in [0.15, 0.2) is 0 Å². The molecule has 1 heterocycles. The zero-order valence-corrected chi connectivity index (χ0v) is 6.26. The molecule has 2 heteroatoms. The summed E-state index contributed by atoms with van der Waals surface area (Å²) in [5.74, 6) is 0. The fourth-order valence-corrected chi connectivity index (χ4v) is 1.21. The van der Waals surface area contributed by atoms with E-state index in [4.69, 9.17) is 4.74 Å². The summed E-state index contributed by atoms with van der Waals surface area (Å²) >= 11 is 0. The Kier molecular flexibility index (Phi) is 2.49. The van der Waals surface area contributed by atoms with Gasteiger partial charge in [-0.3, -0.25) is 4.90 Å². The lowest BCUT2D eigenvalue weighted by molar-refractivity contribution is 0.0498. The molecule has 0 amide bonds. The van der Waals surface area contributed by atoms with Gasteiger partial charge in [0, 0.05) is 13.1 Å². The van der Waals surface area contributed by atoms with Gasteiger partial charge in [-0.05, 0) is 13.3 Å². The highest BCUT2D eigenvalue weighted by Crippen LogP contribution is 2.08. The van der Waals surface area contributed by atoms with Gasteiger partial charge >= 0.3 is 0 Å². The number of hydrogen-bond donors (Lipinski definition) is 0. The molecule has 0 aromatic carbocycles. The lowest BCUT2D eigenvalue weighted by atomic mass is 10.4. The Labute approximate surface area is 56.8 Å². The van der Waals surface area contributed by atoms with Crippen molar-refractivity contribution in [1.82, 2.24) is 4.90 Å². The summed E-state index contributed by atoms with van der Waals surface area (Å²) in [7, 11) is 0. The molecule has 0 aliphatic carbocycles. The van der Waals surface area contributed by atoms with Crippen molar-refractivity contribution in [3.8, 4) is 0 Å². The smallest absolute Gasteiger partial charge is 0.107 e. The third kappa shape index (κ3) is 1.66. The molecule has 1 rings (SSSR count). The SMILES string of the molecule is CCCN1CCOC1C. The van der Waals surface area contributed by atoms with Gasteiger partial charge < -0.3 is 4.74 Å². The van der Waals surface area contributed by atoms with E-state index in [9.17, 15) is 0 Å².